The fraction of sp³-hybridized carbons (Fsp3) is 0.286. The van der Waals surface area contributed by atoms with Gasteiger partial charge in [-0.15, -0.1) is 0 Å². The zero-order valence-corrected chi connectivity index (χ0v) is 8.99. The Morgan fingerprint density at radius 3 is 2.47 bits per heavy atom. The summed E-state index contributed by atoms with van der Waals surface area (Å²) in [5, 5.41) is 12.8. The van der Waals surface area contributed by atoms with Crippen LogP contribution in [0.1, 0.15) is 31.1 Å². The second-order valence-corrected chi connectivity index (χ2v) is 4.88. The van der Waals surface area contributed by atoms with Crippen LogP contribution in [0.2, 0.25) is 0 Å². The Kier molecular flexibility index (Phi) is 1.56. The first kappa shape index (κ1) is 8.93. The lowest BCUT2D eigenvalue weighted by Crippen LogP contribution is -2.21. The van der Waals surface area contributed by atoms with Crippen molar-refractivity contribution in [2.24, 2.45) is 0 Å². The Morgan fingerprint density at radius 2 is 1.73 bits per heavy atom. The molecule has 0 saturated carbocycles. The first-order valence-electron chi connectivity index (χ1n) is 5.32. The van der Waals surface area contributed by atoms with Crippen LogP contribution in [0.3, 0.4) is 0 Å². The monoisotopic (exact) mass is 198 g/mol. The highest BCUT2D eigenvalue weighted by molar-refractivity contribution is 5.92. The highest BCUT2D eigenvalue weighted by atomic mass is 16.3. The molecule has 1 nitrogen and oxygen atoms in total. The zero-order valence-electron chi connectivity index (χ0n) is 8.99. The molecule has 1 aliphatic carbocycles. The fourth-order valence-corrected chi connectivity index (χ4v) is 2.67. The smallest absolute Gasteiger partial charge is 0.0887 e. The van der Waals surface area contributed by atoms with Crippen LogP contribution in [-0.2, 0) is 5.41 Å². The lowest BCUT2D eigenvalue weighted by atomic mass is 9.83. The Morgan fingerprint density at radius 1 is 1.07 bits per heavy atom. The third-order valence-corrected chi connectivity index (χ3v) is 3.61. The van der Waals surface area contributed by atoms with E-state index < -0.39 is 0 Å². The van der Waals surface area contributed by atoms with Crippen molar-refractivity contribution in [3.63, 3.8) is 0 Å². The van der Waals surface area contributed by atoms with Crippen LogP contribution in [0.5, 0.6) is 0 Å². The van der Waals surface area contributed by atoms with Crippen molar-refractivity contribution in [2.75, 3.05) is 0 Å². The molecule has 0 amide bonds. The van der Waals surface area contributed by atoms with Crippen LogP contribution < -0.4 is 0 Å². The second kappa shape index (κ2) is 2.61. The topological polar surface area (TPSA) is 20.2 Å². The van der Waals surface area contributed by atoms with E-state index in [0.29, 0.717) is 0 Å². The van der Waals surface area contributed by atoms with Gasteiger partial charge in [0.05, 0.1) is 6.10 Å². The summed E-state index contributed by atoms with van der Waals surface area (Å²) in [4.78, 5) is 0. The Hall–Kier alpha value is -1.34. The molecule has 0 spiro atoms. The van der Waals surface area contributed by atoms with Gasteiger partial charge in [-0.3, -0.25) is 0 Å². The molecule has 15 heavy (non-hydrogen) atoms. The van der Waals surface area contributed by atoms with Gasteiger partial charge in [0, 0.05) is 5.41 Å². The maximum atomic E-state index is 10.3. The summed E-state index contributed by atoms with van der Waals surface area (Å²) < 4.78 is 0. The third kappa shape index (κ3) is 0.963. The minimum Gasteiger partial charge on any atom is -0.387 e. The SMILES string of the molecule is CC1(C)c2cccc3cccc(c23)C1O. The van der Waals surface area contributed by atoms with Gasteiger partial charge in [-0.1, -0.05) is 50.2 Å². The molecule has 3 rings (SSSR count). The quantitative estimate of drug-likeness (QED) is 0.689. The van der Waals surface area contributed by atoms with Crippen molar-refractivity contribution in [2.45, 2.75) is 25.4 Å². The van der Waals surface area contributed by atoms with Crippen LogP contribution in [0.25, 0.3) is 10.8 Å². The van der Waals surface area contributed by atoms with Gasteiger partial charge in [0.25, 0.3) is 0 Å². The molecule has 0 aliphatic heterocycles. The van der Waals surface area contributed by atoms with Crippen LogP contribution in [0, 0.1) is 0 Å². The van der Waals surface area contributed by atoms with Gasteiger partial charge in [0.1, 0.15) is 0 Å². The number of benzene rings is 2. The molecule has 1 heteroatoms. The van der Waals surface area contributed by atoms with Gasteiger partial charge in [-0.05, 0) is 21.9 Å². The first-order valence-corrected chi connectivity index (χ1v) is 5.32. The molecule has 0 bridgehead atoms. The average molecular weight is 198 g/mol. The molecular weight excluding hydrogens is 184 g/mol. The number of hydrogen-bond donors (Lipinski definition) is 1. The summed E-state index contributed by atoms with van der Waals surface area (Å²) in [6.45, 7) is 4.21. The molecule has 0 aromatic heterocycles. The number of hydrogen-bond acceptors (Lipinski definition) is 1. The molecule has 1 N–H and O–H groups in total. The van der Waals surface area contributed by atoms with E-state index in [9.17, 15) is 5.11 Å². The minimum absolute atomic E-state index is 0.163. The molecule has 0 saturated heterocycles. The van der Waals surface area contributed by atoms with Gasteiger partial charge in [-0.25, -0.2) is 0 Å². The van der Waals surface area contributed by atoms with Crippen LogP contribution in [0.15, 0.2) is 36.4 Å². The molecule has 0 radical (unpaired) electrons. The molecular formula is C14H14O. The van der Waals surface area contributed by atoms with E-state index in [0.717, 1.165) is 5.56 Å². The number of rotatable bonds is 0. The van der Waals surface area contributed by atoms with Gasteiger partial charge < -0.3 is 5.11 Å². The van der Waals surface area contributed by atoms with Gasteiger partial charge in [-0.2, -0.15) is 0 Å². The molecule has 0 heterocycles. The summed E-state index contributed by atoms with van der Waals surface area (Å²) in [5.74, 6) is 0. The maximum Gasteiger partial charge on any atom is 0.0887 e. The molecule has 1 aliphatic rings. The van der Waals surface area contributed by atoms with Crippen molar-refractivity contribution < 1.29 is 5.11 Å². The van der Waals surface area contributed by atoms with Crippen molar-refractivity contribution >= 4 is 10.8 Å². The fourth-order valence-electron chi connectivity index (χ4n) is 2.67. The maximum absolute atomic E-state index is 10.3. The molecule has 2 aromatic carbocycles. The number of aliphatic hydroxyl groups excluding tert-OH is 1. The average Bonchev–Trinajstić information content (AvgIpc) is 2.43. The van der Waals surface area contributed by atoms with E-state index >= 15 is 0 Å². The van der Waals surface area contributed by atoms with E-state index in [-0.39, 0.29) is 11.5 Å². The van der Waals surface area contributed by atoms with Crippen LogP contribution >= 0.6 is 0 Å². The van der Waals surface area contributed by atoms with E-state index in [1.165, 1.54) is 16.3 Å². The molecule has 2 aromatic rings. The summed E-state index contributed by atoms with van der Waals surface area (Å²) >= 11 is 0. The summed E-state index contributed by atoms with van der Waals surface area (Å²) in [6.07, 6.45) is -0.376. The Labute approximate surface area is 89.4 Å². The van der Waals surface area contributed by atoms with Gasteiger partial charge in [0.2, 0.25) is 0 Å². The van der Waals surface area contributed by atoms with Crippen molar-refractivity contribution in [1.82, 2.24) is 0 Å². The summed E-state index contributed by atoms with van der Waals surface area (Å²) in [7, 11) is 0. The molecule has 1 unspecified atom stereocenters. The van der Waals surface area contributed by atoms with E-state index in [4.69, 9.17) is 0 Å². The predicted octanol–water partition coefficient (Wildman–Crippen LogP) is 3.16. The highest BCUT2D eigenvalue weighted by Gasteiger charge is 2.39. The molecule has 1 atom stereocenters. The van der Waals surface area contributed by atoms with Crippen LogP contribution in [-0.4, -0.2) is 5.11 Å². The lowest BCUT2D eigenvalue weighted by molar-refractivity contribution is 0.109. The third-order valence-electron chi connectivity index (χ3n) is 3.61. The Bertz CT molecular complexity index is 535. The highest BCUT2D eigenvalue weighted by Crippen LogP contribution is 2.48. The first-order chi connectivity index (χ1) is 7.12. The normalized spacial score (nSPS) is 22.2. The zero-order chi connectivity index (χ0) is 10.6. The largest absolute Gasteiger partial charge is 0.387 e. The van der Waals surface area contributed by atoms with E-state index in [1.807, 2.05) is 12.1 Å². The van der Waals surface area contributed by atoms with Crippen molar-refractivity contribution in [3.05, 3.63) is 47.5 Å². The second-order valence-electron chi connectivity index (χ2n) is 4.88. The summed E-state index contributed by atoms with van der Waals surface area (Å²) in [6, 6.07) is 12.5. The van der Waals surface area contributed by atoms with Gasteiger partial charge in [0.15, 0.2) is 0 Å². The number of aliphatic hydroxyl groups is 1. The minimum atomic E-state index is -0.376. The van der Waals surface area contributed by atoms with E-state index in [2.05, 4.69) is 38.1 Å². The molecule has 0 fully saturated rings. The van der Waals surface area contributed by atoms with E-state index in [1.54, 1.807) is 0 Å². The standard InChI is InChI=1S/C14H14O/c1-14(2)11-8-4-6-9-5-3-7-10(12(9)11)13(14)15/h3-8,13,15H,1-2H3. The van der Waals surface area contributed by atoms with Crippen molar-refractivity contribution in [3.8, 4) is 0 Å². The molecule has 76 valence electrons. The summed E-state index contributed by atoms with van der Waals surface area (Å²) in [5.41, 5.74) is 2.18. The van der Waals surface area contributed by atoms with Crippen LogP contribution in [0.4, 0.5) is 0 Å². The Balaban J connectivity index is 2.51. The van der Waals surface area contributed by atoms with Crippen molar-refractivity contribution in [1.29, 1.82) is 0 Å². The lowest BCUT2D eigenvalue weighted by Gasteiger charge is -2.24. The van der Waals surface area contributed by atoms with Gasteiger partial charge >= 0.3 is 0 Å². The predicted molar refractivity (Wildman–Crippen MR) is 61.9 cm³/mol.